The Labute approximate surface area is 328 Å². The van der Waals surface area contributed by atoms with Crippen molar-refractivity contribution in [1.29, 1.82) is 0 Å². The molecule has 0 bridgehead atoms. The molecule has 7 aromatic carbocycles. The maximum atomic E-state index is 14.8. The monoisotopic (exact) mass is 780 g/mol. The lowest BCUT2D eigenvalue weighted by molar-refractivity contribution is -0.138. The molecule has 0 spiro atoms. The first kappa shape index (κ1) is 36.7. The molecule has 9 rings (SSSR count). The van der Waals surface area contributed by atoms with Gasteiger partial charge >= 0.3 is 12.4 Å². The molecule has 0 unspecified atom stereocenters. The second-order valence-corrected chi connectivity index (χ2v) is 14.5. The third-order valence-corrected chi connectivity index (χ3v) is 10.6. The zero-order chi connectivity index (χ0) is 40.7. The Kier molecular flexibility index (Phi) is 8.43. The lowest BCUT2D eigenvalue weighted by Crippen LogP contribution is -2.29. The van der Waals surface area contributed by atoms with Crippen molar-refractivity contribution < 1.29 is 35.9 Å². The third-order valence-electron chi connectivity index (χ3n) is 10.6. The van der Waals surface area contributed by atoms with Gasteiger partial charge in [0.1, 0.15) is 0 Å². The molecular formula is C48H30F6N2O2. The first-order valence-electron chi connectivity index (χ1n) is 18.3. The number of rotatable bonds is 5. The number of carbonyl (C=O) groups is 2. The summed E-state index contributed by atoms with van der Waals surface area (Å²) >= 11 is 0. The lowest BCUT2D eigenvalue weighted by Gasteiger charge is -2.18. The molecule has 0 saturated carbocycles. The van der Waals surface area contributed by atoms with Gasteiger partial charge in [0.25, 0.3) is 11.8 Å². The molecule has 0 radical (unpaired) electrons. The second kappa shape index (κ2) is 13.3. The molecule has 8 aromatic rings. The number of amides is 2. The van der Waals surface area contributed by atoms with Crippen LogP contribution < -0.4 is 4.90 Å². The minimum Gasteiger partial charge on any atom is -0.307 e. The summed E-state index contributed by atoms with van der Waals surface area (Å²) in [6.45, 7) is 3.14. The van der Waals surface area contributed by atoms with Gasteiger partial charge < -0.3 is 4.57 Å². The summed E-state index contributed by atoms with van der Waals surface area (Å²) in [5.74, 6) is -1.20. The summed E-state index contributed by atoms with van der Waals surface area (Å²) in [6.07, 6.45) is -9.30. The Bertz CT molecular complexity index is 2880. The number of alkyl halides is 6. The van der Waals surface area contributed by atoms with Crippen molar-refractivity contribution in [2.24, 2.45) is 0 Å². The van der Waals surface area contributed by atoms with E-state index >= 15 is 0 Å². The van der Waals surface area contributed by atoms with Crippen LogP contribution >= 0.6 is 0 Å². The minimum atomic E-state index is -4.65. The summed E-state index contributed by atoms with van der Waals surface area (Å²) in [6, 6.07) is 39.2. The number of aryl methyl sites for hydroxylation is 2. The fourth-order valence-electron chi connectivity index (χ4n) is 8.17. The number of fused-ring (bicyclic) bond motifs is 4. The van der Waals surface area contributed by atoms with Gasteiger partial charge in [0.2, 0.25) is 0 Å². The van der Waals surface area contributed by atoms with Crippen molar-refractivity contribution >= 4 is 39.3 Å². The fraction of sp³-hybridized carbons (Fsp3) is 0.0833. The van der Waals surface area contributed by atoms with E-state index in [1.165, 1.54) is 0 Å². The van der Waals surface area contributed by atoms with Crippen molar-refractivity contribution in [2.75, 3.05) is 4.90 Å². The maximum absolute atomic E-state index is 14.8. The quantitative estimate of drug-likeness (QED) is 0.129. The van der Waals surface area contributed by atoms with Crippen LogP contribution in [0.5, 0.6) is 0 Å². The van der Waals surface area contributed by atoms with Gasteiger partial charge in [0.05, 0.1) is 44.7 Å². The number of hydrogen-bond donors (Lipinski definition) is 0. The first-order valence-corrected chi connectivity index (χ1v) is 18.3. The Morgan fingerprint density at radius 1 is 0.448 bits per heavy atom. The van der Waals surface area contributed by atoms with E-state index in [4.69, 9.17) is 0 Å². The van der Waals surface area contributed by atoms with Gasteiger partial charge in [-0.05, 0) is 95.8 Å². The van der Waals surface area contributed by atoms with Crippen molar-refractivity contribution in [2.45, 2.75) is 26.2 Å². The minimum absolute atomic E-state index is 0.0430. The van der Waals surface area contributed by atoms with E-state index in [0.717, 1.165) is 40.3 Å². The predicted octanol–water partition coefficient (Wildman–Crippen LogP) is 13.2. The van der Waals surface area contributed by atoms with Gasteiger partial charge in [-0.25, -0.2) is 4.90 Å². The summed E-state index contributed by atoms with van der Waals surface area (Å²) in [5, 5.41) is 1.16. The normalized spacial score (nSPS) is 13.2. The standard InChI is InChI=1S/C48H30F6N2O2/c1-27-20-31(24-33(22-27)47(49,50)51)36-14-7-16-38-39-17-8-15-37(32-21-28(2)23-34(25-32)48(52,53)54)44(39)56(43(36)38)41-19-9-18-40-42(41)46(58)55(45(40)57)35-13-6-12-30(26-35)29-10-4-3-5-11-29/h3-26H,1-2H3. The van der Waals surface area contributed by atoms with Crippen LogP contribution in [0.2, 0.25) is 0 Å². The van der Waals surface area contributed by atoms with Crippen LogP contribution in [-0.4, -0.2) is 16.4 Å². The number of imide groups is 1. The van der Waals surface area contributed by atoms with Crippen LogP contribution in [0.15, 0.2) is 146 Å². The molecular weight excluding hydrogens is 751 g/mol. The number of aromatic nitrogens is 1. The van der Waals surface area contributed by atoms with Gasteiger partial charge in [-0.15, -0.1) is 0 Å². The molecule has 0 fully saturated rings. The van der Waals surface area contributed by atoms with Crippen molar-refractivity contribution in [3.05, 3.63) is 179 Å². The van der Waals surface area contributed by atoms with E-state index in [1.54, 1.807) is 103 Å². The maximum Gasteiger partial charge on any atom is 0.416 e. The molecule has 1 aliphatic heterocycles. The topological polar surface area (TPSA) is 42.3 Å². The number of carbonyl (C=O) groups excluding carboxylic acids is 2. The van der Waals surface area contributed by atoms with E-state index in [9.17, 15) is 35.9 Å². The largest absolute Gasteiger partial charge is 0.416 e. The molecule has 0 atom stereocenters. The summed E-state index contributed by atoms with van der Waals surface area (Å²) < 4.78 is 87.2. The van der Waals surface area contributed by atoms with Gasteiger partial charge in [0.15, 0.2) is 0 Å². The molecule has 2 heterocycles. The molecule has 0 saturated heterocycles. The summed E-state index contributed by atoms with van der Waals surface area (Å²) in [7, 11) is 0. The Morgan fingerprint density at radius 3 is 1.50 bits per heavy atom. The molecule has 2 amide bonds. The number of nitrogens with zero attached hydrogens (tertiary/aromatic N) is 2. The number of hydrogen-bond acceptors (Lipinski definition) is 2. The van der Waals surface area contributed by atoms with Crippen molar-refractivity contribution in [3.8, 4) is 39.1 Å². The zero-order valence-electron chi connectivity index (χ0n) is 30.8. The molecule has 10 heteroatoms. The molecule has 58 heavy (non-hydrogen) atoms. The molecule has 286 valence electrons. The summed E-state index contributed by atoms with van der Waals surface area (Å²) in [4.78, 5) is 30.2. The van der Waals surface area contributed by atoms with Crippen molar-refractivity contribution in [1.82, 2.24) is 4.57 Å². The fourth-order valence-corrected chi connectivity index (χ4v) is 8.17. The SMILES string of the molecule is Cc1cc(-c2cccc3c4cccc(-c5cc(C)cc(C(F)(F)F)c5)c4n(-c4cccc5c4C(=O)N(c4cccc(-c6ccccc6)c4)C5=O)c23)cc(C(F)(F)F)c1. The lowest BCUT2D eigenvalue weighted by atomic mass is 9.96. The second-order valence-electron chi connectivity index (χ2n) is 14.5. The van der Waals surface area contributed by atoms with E-state index in [-0.39, 0.29) is 27.9 Å². The molecule has 1 aliphatic rings. The Morgan fingerprint density at radius 2 is 0.948 bits per heavy atom. The highest BCUT2D eigenvalue weighted by molar-refractivity contribution is 6.36. The van der Waals surface area contributed by atoms with Crippen LogP contribution in [0.25, 0.3) is 60.9 Å². The zero-order valence-corrected chi connectivity index (χ0v) is 30.8. The molecule has 1 aromatic heterocycles. The highest BCUT2D eigenvalue weighted by Crippen LogP contribution is 2.46. The first-order chi connectivity index (χ1) is 27.7. The average molecular weight is 781 g/mol. The van der Waals surface area contributed by atoms with Crippen LogP contribution in [0.4, 0.5) is 32.0 Å². The van der Waals surface area contributed by atoms with E-state index in [1.807, 2.05) is 36.4 Å². The Balaban J connectivity index is 1.36. The molecule has 0 N–H and O–H groups in total. The van der Waals surface area contributed by atoms with Crippen molar-refractivity contribution in [3.63, 3.8) is 0 Å². The van der Waals surface area contributed by atoms with Crippen LogP contribution in [-0.2, 0) is 12.4 Å². The number of benzene rings is 7. The van der Waals surface area contributed by atoms with E-state index in [2.05, 4.69) is 0 Å². The molecule has 0 aliphatic carbocycles. The van der Waals surface area contributed by atoms with Gasteiger partial charge in [0, 0.05) is 21.9 Å². The highest BCUT2D eigenvalue weighted by atomic mass is 19.4. The van der Waals surface area contributed by atoms with Crippen LogP contribution in [0, 0.1) is 13.8 Å². The summed E-state index contributed by atoms with van der Waals surface area (Å²) in [5.41, 5.74) is 3.46. The van der Waals surface area contributed by atoms with Gasteiger partial charge in [-0.3, -0.25) is 9.59 Å². The smallest absolute Gasteiger partial charge is 0.307 e. The average Bonchev–Trinajstić information content (AvgIpc) is 3.67. The highest BCUT2D eigenvalue weighted by Gasteiger charge is 2.40. The molecule has 4 nitrogen and oxygen atoms in total. The van der Waals surface area contributed by atoms with Gasteiger partial charge in [-0.1, -0.05) is 97.1 Å². The van der Waals surface area contributed by atoms with Crippen LogP contribution in [0.3, 0.4) is 0 Å². The third kappa shape index (κ3) is 6.03. The van der Waals surface area contributed by atoms with Crippen LogP contribution in [0.1, 0.15) is 43.0 Å². The number of halogens is 6. The Hall–Kier alpha value is -6.94. The van der Waals surface area contributed by atoms with E-state index < -0.39 is 35.3 Å². The predicted molar refractivity (Wildman–Crippen MR) is 214 cm³/mol. The number of para-hydroxylation sites is 2. The van der Waals surface area contributed by atoms with Gasteiger partial charge in [-0.2, -0.15) is 26.3 Å². The number of anilines is 1. The van der Waals surface area contributed by atoms with E-state index in [0.29, 0.717) is 49.7 Å².